The van der Waals surface area contributed by atoms with Crippen LogP contribution in [0.1, 0.15) is 10.4 Å². The summed E-state index contributed by atoms with van der Waals surface area (Å²) in [6.07, 6.45) is 4.85. The number of nitrogens with one attached hydrogen (secondary N) is 2. The molecule has 7 heteroatoms. The molecule has 2 N–H and O–H groups in total. The van der Waals surface area contributed by atoms with Crippen molar-refractivity contribution >= 4 is 28.8 Å². The Balaban J connectivity index is 1.41. The van der Waals surface area contributed by atoms with Crippen LogP contribution >= 0.6 is 0 Å². The first-order valence-electron chi connectivity index (χ1n) is 9.15. The molecular weight excluding hydrogens is 354 g/mol. The van der Waals surface area contributed by atoms with Gasteiger partial charge in [0.05, 0.1) is 19.4 Å². The number of ether oxygens (including phenoxy) is 1. The van der Waals surface area contributed by atoms with Crippen LogP contribution in [-0.4, -0.2) is 42.2 Å². The van der Waals surface area contributed by atoms with Gasteiger partial charge >= 0.3 is 0 Å². The molecule has 0 bridgehead atoms. The summed E-state index contributed by atoms with van der Waals surface area (Å²) in [5.74, 6) is 0.459. The number of rotatable bonds is 5. The highest BCUT2D eigenvalue weighted by atomic mass is 16.5. The second-order valence-electron chi connectivity index (χ2n) is 6.40. The number of hydrogen-bond donors (Lipinski definition) is 2. The molecular formula is C21H21N5O2. The highest BCUT2D eigenvalue weighted by molar-refractivity contribution is 6.04. The molecule has 0 radical (unpaired) electrons. The topological polar surface area (TPSA) is 79.4 Å². The molecule has 1 aliphatic rings. The average molecular weight is 375 g/mol. The van der Waals surface area contributed by atoms with Gasteiger partial charge in [0.25, 0.3) is 5.91 Å². The Bertz CT molecular complexity index is 925. The van der Waals surface area contributed by atoms with Crippen molar-refractivity contribution in [3.63, 3.8) is 0 Å². The fourth-order valence-electron chi connectivity index (χ4n) is 3.03. The fraction of sp³-hybridized carbons (Fsp3) is 0.190. The summed E-state index contributed by atoms with van der Waals surface area (Å²) in [4.78, 5) is 23.1. The fourth-order valence-corrected chi connectivity index (χ4v) is 3.03. The van der Waals surface area contributed by atoms with Gasteiger partial charge in [0.2, 0.25) is 0 Å². The van der Waals surface area contributed by atoms with Crippen LogP contribution in [0.3, 0.4) is 0 Å². The standard InChI is InChI=1S/C21H21N5O2/c27-21(16-2-1-3-18(14-16)24-20-15-22-8-9-23-20)25-17-4-6-19(7-5-17)26-10-12-28-13-11-26/h1-9,14-15H,10-13H2,(H,23,24)(H,25,27). The van der Waals surface area contributed by atoms with E-state index >= 15 is 0 Å². The van der Waals surface area contributed by atoms with Gasteiger partial charge in [0.15, 0.2) is 0 Å². The van der Waals surface area contributed by atoms with Crippen LogP contribution in [0.25, 0.3) is 0 Å². The van der Waals surface area contributed by atoms with Crippen molar-refractivity contribution in [3.8, 4) is 0 Å². The Morgan fingerprint density at radius 2 is 1.82 bits per heavy atom. The molecule has 2 aromatic carbocycles. The molecule has 1 amide bonds. The van der Waals surface area contributed by atoms with Gasteiger partial charge in [-0.2, -0.15) is 0 Å². The highest BCUT2D eigenvalue weighted by Gasteiger charge is 2.12. The molecule has 142 valence electrons. The summed E-state index contributed by atoms with van der Waals surface area (Å²) in [6, 6.07) is 15.2. The van der Waals surface area contributed by atoms with Crippen LogP contribution in [0.2, 0.25) is 0 Å². The summed E-state index contributed by atoms with van der Waals surface area (Å²) in [5.41, 5.74) is 3.23. The van der Waals surface area contributed by atoms with Crippen LogP contribution in [-0.2, 0) is 4.74 Å². The minimum Gasteiger partial charge on any atom is -0.378 e. The molecule has 4 rings (SSSR count). The van der Waals surface area contributed by atoms with Crippen LogP contribution in [0.4, 0.5) is 22.9 Å². The van der Waals surface area contributed by atoms with Gasteiger partial charge in [0, 0.05) is 48.1 Å². The summed E-state index contributed by atoms with van der Waals surface area (Å²) >= 11 is 0. The average Bonchev–Trinajstić information content (AvgIpc) is 2.76. The van der Waals surface area contributed by atoms with Crippen molar-refractivity contribution < 1.29 is 9.53 Å². The van der Waals surface area contributed by atoms with Gasteiger partial charge in [0.1, 0.15) is 5.82 Å². The zero-order valence-corrected chi connectivity index (χ0v) is 15.3. The third-order valence-corrected chi connectivity index (χ3v) is 4.46. The number of benzene rings is 2. The van der Waals surface area contributed by atoms with E-state index in [0.29, 0.717) is 11.4 Å². The van der Waals surface area contributed by atoms with E-state index in [1.54, 1.807) is 30.7 Å². The van der Waals surface area contributed by atoms with Gasteiger partial charge < -0.3 is 20.3 Å². The van der Waals surface area contributed by atoms with E-state index in [9.17, 15) is 4.79 Å². The van der Waals surface area contributed by atoms with Crippen molar-refractivity contribution in [3.05, 3.63) is 72.7 Å². The molecule has 3 aromatic rings. The predicted octanol–water partition coefficient (Wildman–Crippen LogP) is 3.31. The van der Waals surface area contributed by atoms with Gasteiger partial charge in [-0.1, -0.05) is 6.07 Å². The molecule has 0 saturated carbocycles. The van der Waals surface area contributed by atoms with Crippen molar-refractivity contribution in [1.29, 1.82) is 0 Å². The van der Waals surface area contributed by atoms with E-state index in [0.717, 1.165) is 43.4 Å². The molecule has 2 heterocycles. The lowest BCUT2D eigenvalue weighted by molar-refractivity contribution is 0.102. The zero-order chi connectivity index (χ0) is 19.2. The minimum atomic E-state index is -0.165. The Morgan fingerprint density at radius 1 is 1.00 bits per heavy atom. The van der Waals surface area contributed by atoms with E-state index in [1.807, 2.05) is 36.4 Å². The SMILES string of the molecule is O=C(Nc1ccc(N2CCOCC2)cc1)c1cccc(Nc2cnccn2)c1. The molecule has 0 unspecified atom stereocenters. The Morgan fingerprint density at radius 3 is 2.57 bits per heavy atom. The van der Waals surface area contributed by atoms with Crippen molar-refractivity contribution in [2.75, 3.05) is 41.8 Å². The third kappa shape index (κ3) is 4.44. The Labute approximate surface area is 163 Å². The monoisotopic (exact) mass is 375 g/mol. The largest absolute Gasteiger partial charge is 0.378 e. The van der Waals surface area contributed by atoms with E-state index in [2.05, 4.69) is 25.5 Å². The van der Waals surface area contributed by atoms with Gasteiger partial charge in [-0.25, -0.2) is 4.98 Å². The first kappa shape index (κ1) is 17.9. The summed E-state index contributed by atoms with van der Waals surface area (Å²) in [6.45, 7) is 3.27. The molecule has 1 saturated heterocycles. The number of morpholine rings is 1. The molecule has 0 atom stereocenters. The quantitative estimate of drug-likeness (QED) is 0.712. The van der Waals surface area contributed by atoms with E-state index in [-0.39, 0.29) is 5.91 Å². The number of anilines is 4. The Kier molecular flexibility index (Phi) is 5.44. The van der Waals surface area contributed by atoms with Crippen molar-refractivity contribution in [2.24, 2.45) is 0 Å². The number of nitrogens with zero attached hydrogens (tertiary/aromatic N) is 3. The van der Waals surface area contributed by atoms with Crippen molar-refractivity contribution in [1.82, 2.24) is 9.97 Å². The highest BCUT2D eigenvalue weighted by Crippen LogP contribution is 2.20. The molecule has 0 spiro atoms. The van der Waals surface area contributed by atoms with Crippen LogP contribution in [0.5, 0.6) is 0 Å². The van der Waals surface area contributed by atoms with Crippen LogP contribution in [0, 0.1) is 0 Å². The zero-order valence-electron chi connectivity index (χ0n) is 15.3. The molecule has 28 heavy (non-hydrogen) atoms. The van der Waals surface area contributed by atoms with E-state index < -0.39 is 0 Å². The third-order valence-electron chi connectivity index (χ3n) is 4.46. The first-order chi connectivity index (χ1) is 13.8. The van der Waals surface area contributed by atoms with Gasteiger partial charge in [-0.3, -0.25) is 9.78 Å². The summed E-state index contributed by atoms with van der Waals surface area (Å²) in [7, 11) is 0. The predicted molar refractivity (Wildman–Crippen MR) is 109 cm³/mol. The number of amides is 1. The molecule has 0 aliphatic carbocycles. The smallest absolute Gasteiger partial charge is 0.255 e. The molecule has 1 aromatic heterocycles. The number of hydrogen-bond acceptors (Lipinski definition) is 6. The lowest BCUT2D eigenvalue weighted by Gasteiger charge is -2.28. The Hall–Kier alpha value is -3.45. The molecule has 7 nitrogen and oxygen atoms in total. The first-order valence-corrected chi connectivity index (χ1v) is 9.15. The minimum absolute atomic E-state index is 0.165. The van der Waals surface area contributed by atoms with Crippen LogP contribution in [0.15, 0.2) is 67.1 Å². The number of carbonyl (C=O) groups excluding carboxylic acids is 1. The maximum atomic E-state index is 12.6. The van der Waals surface area contributed by atoms with E-state index in [4.69, 9.17) is 4.74 Å². The summed E-state index contributed by atoms with van der Waals surface area (Å²) in [5, 5.41) is 6.08. The maximum Gasteiger partial charge on any atom is 0.255 e. The van der Waals surface area contributed by atoms with E-state index in [1.165, 1.54) is 0 Å². The lowest BCUT2D eigenvalue weighted by atomic mass is 10.1. The maximum absolute atomic E-state index is 12.6. The second kappa shape index (κ2) is 8.49. The number of carbonyl (C=O) groups is 1. The van der Waals surface area contributed by atoms with Gasteiger partial charge in [-0.15, -0.1) is 0 Å². The van der Waals surface area contributed by atoms with Crippen molar-refractivity contribution in [2.45, 2.75) is 0 Å². The van der Waals surface area contributed by atoms with Gasteiger partial charge in [-0.05, 0) is 42.5 Å². The lowest BCUT2D eigenvalue weighted by Crippen LogP contribution is -2.36. The summed E-state index contributed by atoms with van der Waals surface area (Å²) < 4.78 is 5.38. The molecule has 1 fully saturated rings. The van der Waals surface area contributed by atoms with Crippen LogP contribution < -0.4 is 15.5 Å². The number of aromatic nitrogens is 2. The normalized spacial score (nSPS) is 13.8. The second-order valence-corrected chi connectivity index (χ2v) is 6.40. The molecule has 1 aliphatic heterocycles.